The van der Waals surface area contributed by atoms with Crippen molar-refractivity contribution in [2.24, 2.45) is 11.3 Å². The molecule has 0 aromatic heterocycles. The largest absolute Gasteiger partial charge is 0.381 e. The molecule has 0 saturated carbocycles. The minimum atomic E-state index is 0.457. The van der Waals surface area contributed by atoms with Gasteiger partial charge in [-0.2, -0.15) is 0 Å². The first-order valence-corrected chi connectivity index (χ1v) is 8.23. The zero-order valence-corrected chi connectivity index (χ0v) is 12.9. The predicted molar refractivity (Wildman–Crippen MR) is 80.5 cm³/mol. The molecule has 1 atom stereocenters. The standard InChI is InChI=1S/C16H32N2O/c1-3-15-5-4-9-18(10-6-15)14-16(13-17-2)7-11-19-12-8-16/h15,17H,3-14H2,1-2H3. The van der Waals surface area contributed by atoms with E-state index in [9.17, 15) is 0 Å². The van der Waals surface area contributed by atoms with E-state index in [-0.39, 0.29) is 0 Å². The quantitative estimate of drug-likeness (QED) is 0.829. The van der Waals surface area contributed by atoms with E-state index < -0.39 is 0 Å². The molecule has 2 heterocycles. The number of rotatable bonds is 5. The van der Waals surface area contributed by atoms with Gasteiger partial charge >= 0.3 is 0 Å². The highest BCUT2D eigenvalue weighted by Gasteiger charge is 2.34. The van der Waals surface area contributed by atoms with Crippen LogP contribution in [0.2, 0.25) is 0 Å². The first-order chi connectivity index (χ1) is 9.28. The van der Waals surface area contributed by atoms with Crippen molar-refractivity contribution in [3.05, 3.63) is 0 Å². The Labute approximate surface area is 119 Å². The molecule has 3 nitrogen and oxygen atoms in total. The fourth-order valence-electron chi connectivity index (χ4n) is 3.84. The van der Waals surface area contributed by atoms with E-state index in [2.05, 4.69) is 24.2 Å². The van der Waals surface area contributed by atoms with Crippen molar-refractivity contribution in [3.63, 3.8) is 0 Å². The first-order valence-electron chi connectivity index (χ1n) is 8.23. The summed E-state index contributed by atoms with van der Waals surface area (Å²) in [4.78, 5) is 2.73. The molecule has 0 bridgehead atoms. The van der Waals surface area contributed by atoms with Gasteiger partial charge in [-0.3, -0.25) is 0 Å². The normalized spacial score (nSPS) is 29.1. The molecule has 3 heteroatoms. The third-order valence-corrected chi connectivity index (χ3v) is 5.18. The highest BCUT2D eigenvalue weighted by Crippen LogP contribution is 2.32. The maximum absolute atomic E-state index is 5.57. The Hall–Kier alpha value is -0.120. The molecule has 0 aliphatic carbocycles. The molecule has 112 valence electrons. The van der Waals surface area contributed by atoms with E-state index in [0.717, 1.165) is 25.7 Å². The van der Waals surface area contributed by atoms with Crippen LogP contribution in [0.1, 0.15) is 45.4 Å². The van der Waals surface area contributed by atoms with Crippen molar-refractivity contribution in [1.29, 1.82) is 0 Å². The zero-order valence-electron chi connectivity index (χ0n) is 12.9. The second-order valence-corrected chi connectivity index (χ2v) is 6.62. The van der Waals surface area contributed by atoms with Gasteiger partial charge < -0.3 is 15.0 Å². The predicted octanol–water partition coefficient (Wildman–Crippen LogP) is 2.51. The van der Waals surface area contributed by atoms with Gasteiger partial charge in [0.05, 0.1) is 0 Å². The van der Waals surface area contributed by atoms with Gasteiger partial charge in [-0.1, -0.05) is 13.3 Å². The first kappa shape index (κ1) is 15.3. The van der Waals surface area contributed by atoms with E-state index in [4.69, 9.17) is 4.74 Å². The molecule has 1 N–H and O–H groups in total. The van der Waals surface area contributed by atoms with Gasteiger partial charge in [-0.15, -0.1) is 0 Å². The third kappa shape index (κ3) is 4.44. The van der Waals surface area contributed by atoms with E-state index >= 15 is 0 Å². The molecule has 0 aromatic carbocycles. The van der Waals surface area contributed by atoms with Gasteiger partial charge in [-0.25, -0.2) is 0 Å². The average molecular weight is 268 g/mol. The van der Waals surface area contributed by atoms with Crippen LogP contribution < -0.4 is 5.32 Å². The smallest absolute Gasteiger partial charge is 0.0472 e. The highest BCUT2D eigenvalue weighted by molar-refractivity contribution is 4.87. The van der Waals surface area contributed by atoms with E-state index in [0.29, 0.717) is 5.41 Å². The molecule has 2 fully saturated rings. The monoisotopic (exact) mass is 268 g/mol. The summed E-state index contributed by atoms with van der Waals surface area (Å²) in [5.74, 6) is 0.972. The number of nitrogens with zero attached hydrogens (tertiary/aromatic N) is 1. The molecule has 19 heavy (non-hydrogen) atoms. The minimum Gasteiger partial charge on any atom is -0.381 e. The van der Waals surface area contributed by atoms with E-state index in [1.54, 1.807) is 0 Å². The Morgan fingerprint density at radius 3 is 2.68 bits per heavy atom. The number of hydrogen-bond acceptors (Lipinski definition) is 3. The molecule has 2 aliphatic heterocycles. The van der Waals surface area contributed by atoms with Crippen molar-refractivity contribution in [3.8, 4) is 0 Å². The van der Waals surface area contributed by atoms with Gasteiger partial charge in [0.2, 0.25) is 0 Å². The lowest BCUT2D eigenvalue weighted by Gasteiger charge is -2.41. The lowest BCUT2D eigenvalue weighted by atomic mass is 9.79. The maximum Gasteiger partial charge on any atom is 0.0472 e. The number of nitrogens with one attached hydrogen (secondary N) is 1. The molecular weight excluding hydrogens is 236 g/mol. The lowest BCUT2D eigenvalue weighted by molar-refractivity contribution is -0.00316. The van der Waals surface area contributed by atoms with Crippen LogP contribution in [0.5, 0.6) is 0 Å². The Morgan fingerprint density at radius 2 is 2.00 bits per heavy atom. The molecule has 0 aromatic rings. The Kier molecular flexibility index (Phi) is 6.11. The zero-order chi connectivity index (χ0) is 13.6. The molecule has 0 amide bonds. The van der Waals surface area contributed by atoms with Crippen molar-refractivity contribution >= 4 is 0 Å². The number of ether oxygens (including phenoxy) is 1. The van der Waals surface area contributed by atoms with Crippen LogP contribution in [0.15, 0.2) is 0 Å². The molecule has 0 radical (unpaired) electrons. The van der Waals surface area contributed by atoms with Crippen molar-refractivity contribution in [2.45, 2.75) is 45.4 Å². The lowest BCUT2D eigenvalue weighted by Crippen LogP contribution is -2.47. The summed E-state index contributed by atoms with van der Waals surface area (Å²) in [6.07, 6.45) is 8.05. The summed E-state index contributed by atoms with van der Waals surface area (Å²) in [6.45, 7) is 9.28. The summed E-state index contributed by atoms with van der Waals surface area (Å²) < 4.78 is 5.57. The van der Waals surface area contributed by atoms with Crippen LogP contribution >= 0.6 is 0 Å². The number of hydrogen-bond donors (Lipinski definition) is 1. The van der Waals surface area contributed by atoms with Crippen LogP contribution in [0.4, 0.5) is 0 Å². The van der Waals surface area contributed by atoms with Crippen LogP contribution in [-0.2, 0) is 4.74 Å². The van der Waals surface area contributed by atoms with Crippen LogP contribution in [0.25, 0.3) is 0 Å². The Balaban J connectivity index is 1.89. The Morgan fingerprint density at radius 1 is 1.21 bits per heavy atom. The highest BCUT2D eigenvalue weighted by atomic mass is 16.5. The molecular formula is C16H32N2O. The fraction of sp³-hybridized carbons (Fsp3) is 1.00. The van der Waals surface area contributed by atoms with Gasteiger partial charge in [0, 0.05) is 26.3 Å². The average Bonchev–Trinajstić information content (AvgIpc) is 2.65. The van der Waals surface area contributed by atoms with E-state index in [1.807, 2.05) is 0 Å². The van der Waals surface area contributed by atoms with Crippen molar-refractivity contribution in [2.75, 3.05) is 46.4 Å². The van der Waals surface area contributed by atoms with Gasteiger partial charge in [-0.05, 0) is 63.6 Å². The second kappa shape index (κ2) is 7.61. The molecule has 0 spiro atoms. The topological polar surface area (TPSA) is 24.5 Å². The fourth-order valence-corrected chi connectivity index (χ4v) is 3.84. The molecule has 2 aliphatic rings. The molecule has 1 unspecified atom stereocenters. The SMILES string of the molecule is CCC1CCCN(CC2(CNC)CCOCC2)CC1. The summed E-state index contributed by atoms with van der Waals surface area (Å²) >= 11 is 0. The second-order valence-electron chi connectivity index (χ2n) is 6.62. The summed E-state index contributed by atoms with van der Waals surface area (Å²) in [7, 11) is 2.09. The van der Waals surface area contributed by atoms with Crippen molar-refractivity contribution in [1.82, 2.24) is 10.2 Å². The van der Waals surface area contributed by atoms with Crippen LogP contribution in [0.3, 0.4) is 0 Å². The van der Waals surface area contributed by atoms with Crippen molar-refractivity contribution < 1.29 is 4.74 Å². The summed E-state index contributed by atoms with van der Waals surface area (Å²) in [6, 6.07) is 0. The summed E-state index contributed by atoms with van der Waals surface area (Å²) in [5, 5.41) is 3.42. The third-order valence-electron chi connectivity index (χ3n) is 5.18. The van der Waals surface area contributed by atoms with Gasteiger partial charge in [0.1, 0.15) is 0 Å². The molecule has 2 saturated heterocycles. The van der Waals surface area contributed by atoms with Crippen LogP contribution in [0, 0.1) is 11.3 Å². The maximum atomic E-state index is 5.57. The van der Waals surface area contributed by atoms with Gasteiger partial charge in [0.25, 0.3) is 0 Å². The van der Waals surface area contributed by atoms with Crippen LogP contribution in [-0.4, -0.2) is 51.3 Å². The number of likely N-dealkylation sites (tertiary alicyclic amines) is 1. The minimum absolute atomic E-state index is 0.457. The Bertz CT molecular complexity index is 246. The van der Waals surface area contributed by atoms with E-state index in [1.165, 1.54) is 58.2 Å². The summed E-state index contributed by atoms with van der Waals surface area (Å²) in [5.41, 5.74) is 0.457. The van der Waals surface area contributed by atoms with Gasteiger partial charge in [0.15, 0.2) is 0 Å². The molecule has 2 rings (SSSR count).